The number of para-hydroxylation sites is 1. The van der Waals surface area contributed by atoms with Crippen LogP contribution in [0.5, 0.6) is 0 Å². The van der Waals surface area contributed by atoms with Crippen molar-refractivity contribution in [3.63, 3.8) is 0 Å². The van der Waals surface area contributed by atoms with E-state index in [4.69, 9.17) is 34.8 Å². The molecule has 11 heteroatoms. The van der Waals surface area contributed by atoms with Gasteiger partial charge in [-0.3, -0.25) is 13.9 Å². The van der Waals surface area contributed by atoms with Gasteiger partial charge in [0.15, 0.2) is 0 Å². The summed E-state index contributed by atoms with van der Waals surface area (Å²) in [6.07, 6.45) is 0.203. The lowest BCUT2D eigenvalue weighted by atomic mass is 10.0. The summed E-state index contributed by atoms with van der Waals surface area (Å²) in [5.41, 5.74) is 1.74. The van der Waals surface area contributed by atoms with Gasteiger partial charge in [-0.1, -0.05) is 89.4 Å². The van der Waals surface area contributed by atoms with E-state index < -0.39 is 28.5 Å². The van der Waals surface area contributed by atoms with Crippen LogP contribution >= 0.6 is 34.8 Å². The average molecular weight is 659 g/mol. The van der Waals surface area contributed by atoms with E-state index in [0.717, 1.165) is 9.87 Å². The number of halogens is 3. The van der Waals surface area contributed by atoms with Crippen LogP contribution in [-0.2, 0) is 32.6 Å². The Hall–Kier alpha value is -3.56. The Labute approximate surface area is 267 Å². The van der Waals surface area contributed by atoms with Crippen molar-refractivity contribution in [2.24, 2.45) is 0 Å². The smallest absolute Gasteiger partial charge is 0.264 e. The van der Waals surface area contributed by atoms with Gasteiger partial charge < -0.3 is 10.2 Å². The van der Waals surface area contributed by atoms with Crippen molar-refractivity contribution in [2.75, 3.05) is 17.4 Å². The van der Waals surface area contributed by atoms with Crippen LogP contribution in [0, 0.1) is 0 Å². The maximum Gasteiger partial charge on any atom is 0.264 e. The highest BCUT2D eigenvalue weighted by Crippen LogP contribution is 2.27. The van der Waals surface area contributed by atoms with Gasteiger partial charge in [0.25, 0.3) is 10.0 Å². The Morgan fingerprint density at radius 3 is 2.02 bits per heavy atom. The number of sulfonamides is 1. The molecule has 0 aliphatic heterocycles. The van der Waals surface area contributed by atoms with Crippen molar-refractivity contribution < 1.29 is 18.0 Å². The summed E-state index contributed by atoms with van der Waals surface area (Å²) < 4.78 is 28.9. The molecule has 4 aromatic rings. The summed E-state index contributed by atoms with van der Waals surface area (Å²) in [7, 11) is -4.21. The minimum atomic E-state index is -4.21. The summed E-state index contributed by atoms with van der Waals surface area (Å²) in [5, 5.41) is 3.84. The molecule has 0 aliphatic rings. The molecular formula is C32H30Cl3N3O4S. The standard InChI is InChI=1S/C32H30Cl3N3O4S/c1-2-36-32(40)30(20-23-9-5-3-6-10-23)37(21-24-13-18-28(34)29(35)19-24)31(39)22-38(26-11-7-4-8-12-26)43(41,42)27-16-14-25(33)15-17-27/h3-19,30H,2,20-22H2,1H3,(H,36,40)/t30-/m1/s1. The second-order valence-corrected chi connectivity index (χ2v) is 12.8. The van der Waals surface area contributed by atoms with Crippen LogP contribution in [-0.4, -0.2) is 44.3 Å². The van der Waals surface area contributed by atoms with Crippen molar-refractivity contribution in [1.82, 2.24) is 10.2 Å². The lowest BCUT2D eigenvalue weighted by molar-refractivity contribution is -0.140. The molecule has 0 fully saturated rings. The Morgan fingerprint density at radius 1 is 0.791 bits per heavy atom. The summed E-state index contributed by atoms with van der Waals surface area (Å²) in [5.74, 6) is -0.953. The van der Waals surface area contributed by atoms with E-state index in [1.807, 2.05) is 30.3 Å². The summed E-state index contributed by atoms with van der Waals surface area (Å²) in [6, 6.07) is 27.4. The van der Waals surface area contributed by atoms with Crippen molar-refractivity contribution in [2.45, 2.75) is 30.8 Å². The number of rotatable bonds is 12. The van der Waals surface area contributed by atoms with Crippen molar-refractivity contribution in [1.29, 1.82) is 0 Å². The van der Waals surface area contributed by atoms with Gasteiger partial charge in [0.2, 0.25) is 11.8 Å². The first-order valence-electron chi connectivity index (χ1n) is 13.5. The molecule has 43 heavy (non-hydrogen) atoms. The third kappa shape index (κ3) is 8.30. The fourth-order valence-electron chi connectivity index (χ4n) is 4.54. The van der Waals surface area contributed by atoms with E-state index in [1.54, 1.807) is 55.5 Å². The molecule has 4 aromatic carbocycles. The fourth-order valence-corrected chi connectivity index (χ4v) is 6.40. The summed E-state index contributed by atoms with van der Waals surface area (Å²) in [6.45, 7) is 1.55. The van der Waals surface area contributed by atoms with Crippen molar-refractivity contribution in [3.8, 4) is 0 Å². The number of carbonyl (C=O) groups excluding carboxylic acids is 2. The average Bonchev–Trinajstić information content (AvgIpc) is 3.00. The number of likely N-dealkylation sites (N-methyl/N-ethyl adjacent to an activating group) is 1. The van der Waals surface area contributed by atoms with Gasteiger partial charge in [-0.15, -0.1) is 0 Å². The maximum atomic E-state index is 14.3. The zero-order chi connectivity index (χ0) is 31.0. The molecule has 0 saturated heterocycles. The van der Waals surface area contributed by atoms with Gasteiger partial charge in [-0.25, -0.2) is 8.42 Å². The summed E-state index contributed by atoms with van der Waals surface area (Å²) in [4.78, 5) is 29.2. The highest BCUT2D eigenvalue weighted by atomic mass is 35.5. The maximum absolute atomic E-state index is 14.3. The van der Waals surface area contributed by atoms with Crippen LogP contribution < -0.4 is 9.62 Å². The largest absolute Gasteiger partial charge is 0.355 e. The quantitative estimate of drug-likeness (QED) is 0.185. The lowest BCUT2D eigenvalue weighted by Crippen LogP contribution is -2.53. The molecular weight excluding hydrogens is 629 g/mol. The van der Waals surface area contributed by atoms with Crippen LogP contribution in [0.4, 0.5) is 5.69 Å². The Morgan fingerprint density at radius 2 is 1.42 bits per heavy atom. The monoisotopic (exact) mass is 657 g/mol. The number of hydrogen-bond donors (Lipinski definition) is 1. The van der Waals surface area contributed by atoms with Crippen molar-refractivity contribution >= 4 is 62.3 Å². The number of anilines is 1. The molecule has 2 amide bonds. The molecule has 0 radical (unpaired) electrons. The van der Waals surface area contributed by atoms with Crippen LogP contribution in [0.2, 0.25) is 15.1 Å². The van der Waals surface area contributed by atoms with E-state index in [1.165, 1.54) is 29.2 Å². The lowest BCUT2D eigenvalue weighted by Gasteiger charge is -2.34. The zero-order valence-electron chi connectivity index (χ0n) is 23.3. The number of nitrogens with one attached hydrogen (secondary N) is 1. The molecule has 0 aliphatic carbocycles. The number of hydrogen-bond acceptors (Lipinski definition) is 4. The summed E-state index contributed by atoms with van der Waals surface area (Å²) >= 11 is 18.4. The molecule has 7 nitrogen and oxygen atoms in total. The predicted octanol–water partition coefficient (Wildman–Crippen LogP) is 6.62. The minimum Gasteiger partial charge on any atom is -0.355 e. The molecule has 0 spiro atoms. The number of carbonyl (C=O) groups is 2. The third-order valence-electron chi connectivity index (χ3n) is 6.68. The van der Waals surface area contributed by atoms with E-state index in [9.17, 15) is 18.0 Å². The third-order valence-corrected chi connectivity index (χ3v) is 9.46. The Bertz CT molecular complexity index is 1650. The normalized spacial score (nSPS) is 11.9. The van der Waals surface area contributed by atoms with Gasteiger partial charge in [0.1, 0.15) is 12.6 Å². The molecule has 4 rings (SSSR count). The van der Waals surface area contributed by atoms with Gasteiger partial charge in [-0.2, -0.15) is 0 Å². The Balaban J connectivity index is 1.79. The predicted molar refractivity (Wildman–Crippen MR) is 172 cm³/mol. The Kier molecular flexibility index (Phi) is 11.1. The molecule has 1 atom stereocenters. The highest BCUT2D eigenvalue weighted by molar-refractivity contribution is 7.92. The zero-order valence-corrected chi connectivity index (χ0v) is 26.4. The first-order valence-corrected chi connectivity index (χ1v) is 16.1. The van der Waals surface area contributed by atoms with E-state index in [2.05, 4.69) is 5.32 Å². The van der Waals surface area contributed by atoms with Crippen LogP contribution in [0.1, 0.15) is 18.1 Å². The van der Waals surface area contributed by atoms with Gasteiger partial charge in [-0.05, 0) is 66.6 Å². The van der Waals surface area contributed by atoms with Crippen LogP contribution in [0.25, 0.3) is 0 Å². The molecule has 1 N–H and O–H groups in total. The number of benzene rings is 4. The topological polar surface area (TPSA) is 86.8 Å². The van der Waals surface area contributed by atoms with E-state index in [-0.39, 0.29) is 29.5 Å². The second kappa shape index (κ2) is 14.8. The van der Waals surface area contributed by atoms with Crippen molar-refractivity contribution in [3.05, 3.63) is 129 Å². The molecule has 224 valence electrons. The molecule has 0 aromatic heterocycles. The number of nitrogens with zero attached hydrogens (tertiary/aromatic N) is 2. The van der Waals surface area contributed by atoms with Crippen LogP contribution in [0.3, 0.4) is 0 Å². The molecule has 0 saturated carbocycles. The molecule has 0 unspecified atom stereocenters. The fraction of sp³-hybridized carbons (Fsp3) is 0.188. The van der Waals surface area contributed by atoms with Crippen LogP contribution in [0.15, 0.2) is 108 Å². The van der Waals surface area contributed by atoms with Gasteiger partial charge in [0, 0.05) is 24.5 Å². The SMILES string of the molecule is CCNC(=O)[C@@H](Cc1ccccc1)N(Cc1ccc(Cl)c(Cl)c1)C(=O)CN(c1ccccc1)S(=O)(=O)c1ccc(Cl)cc1. The van der Waals surface area contributed by atoms with Gasteiger partial charge >= 0.3 is 0 Å². The minimum absolute atomic E-state index is 0.0199. The highest BCUT2D eigenvalue weighted by Gasteiger charge is 2.34. The van der Waals surface area contributed by atoms with Gasteiger partial charge in [0.05, 0.1) is 20.6 Å². The second-order valence-electron chi connectivity index (χ2n) is 9.67. The molecule has 0 heterocycles. The molecule has 0 bridgehead atoms. The first-order chi connectivity index (χ1) is 20.6. The first kappa shape index (κ1) is 32.4. The van der Waals surface area contributed by atoms with E-state index >= 15 is 0 Å². The van der Waals surface area contributed by atoms with E-state index in [0.29, 0.717) is 27.2 Å². The number of amides is 2.